The molecule has 0 aliphatic carbocycles. The minimum Gasteiger partial charge on any atom is -0.496 e. The third-order valence-corrected chi connectivity index (χ3v) is 6.09. The summed E-state index contributed by atoms with van der Waals surface area (Å²) in [4.78, 5) is 6.46. The summed E-state index contributed by atoms with van der Waals surface area (Å²) in [6, 6.07) is 6.83. The number of halogens is 3. The molecule has 1 aromatic carbocycles. The molecule has 6 nitrogen and oxygen atoms in total. The number of ether oxygens (including phenoxy) is 1. The highest BCUT2D eigenvalue weighted by Gasteiger charge is 2.37. The number of aliphatic hydroxyl groups is 1. The second-order valence-corrected chi connectivity index (χ2v) is 8.12. The van der Waals surface area contributed by atoms with Crippen molar-refractivity contribution in [2.45, 2.75) is 51.4 Å². The van der Waals surface area contributed by atoms with Gasteiger partial charge >= 0.3 is 6.18 Å². The molecule has 9 heteroatoms. The topological polar surface area (TPSA) is 71.6 Å². The lowest BCUT2D eigenvalue weighted by molar-refractivity contribution is -0.136. The second kappa shape index (κ2) is 9.07. The molecular weight excluding hydrogens is 423 g/mol. The van der Waals surface area contributed by atoms with Gasteiger partial charge in [0.05, 0.1) is 30.4 Å². The predicted molar refractivity (Wildman–Crippen MR) is 112 cm³/mol. The summed E-state index contributed by atoms with van der Waals surface area (Å²) in [6.07, 6.45) is -2.75. The van der Waals surface area contributed by atoms with Crippen LogP contribution in [0.1, 0.15) is 53.8 Å². The highest BCUT2D eigenvalue weighted by atomic mass is 19.4. The Morgan fingerprint density at radius 3 is 2.59 bits per heavy atom. The third-order valence-electron chi connectivity index (χ3n) is 6.09. The molecule has 4 rings (SSSR count). The quantitative estimate of drug-likeness (QED) is 0.589. The van der Waals surface area contributed by atoms with Crippen LogP contribution in [0.5, 0.6) is 5.75 Å². The van der Waals surface area contributed by atoms with Gasteiger partial charge in [-0.2, -0.15) is 13.2 Å². The van der Waals surface area contributed by atoms with Crippen LogP contribution >= 0.6 is 0 Å². The number of fused-ring (bicyclic) bond motifs is 1. The molecule has 32 heavy (non-hydrogen) atoms. The molecule has 0 unspecified atom stereocenters. The Balaban J connectivity index is 1.51. The van der Waals surface area contributed by atoms with Gasteiger partial charge in [0.25, 0.3) is 5.71 Å². The molecule has 172 valence electrons. The summed E-state index contributed by atoms with van der Waals surface area (Å²) in [5, 5.41) is 13.5. The van der Waals surface area contributed by atoms with Crippen LogP contribution in [-0.2, 0) is 25.7 Å². The van der Waals surface area contributed by atoms with E-state index in [9.17, 15) is 18.3 Å². The zero-order valence-corrected chi connectivity index (χ0v) is 18.1. The van der Waals surface area contributed by atoms with Crippen molar-refractivity contribution < 1.29 is 27.5 Å². The van der Waals surface area contributed by atoms with E-state index in [1.54, 1.807) is 14.0 Å². The highest BCUT2D eigenvalue weighted by Crippen LogP contribution is 2.40. The van der Waals surface area contributed by atoms with E-state index in [0.717, 1.165) is 30.3 Å². The van der Waals surface area contributed by atoms with Crippen molar-refractivity contribution in [3.05, 3.63) is 52.3 Å². The van der Waals surface area contributed by atoms with Crippen molar-refractivity contribution in [3.63, 3.8) is 0 Å². The molecule has 1 fully saturated rings. The van der Waals surface area contributed by atoms with Gasteiger partial charge < -0.3 is 14.4 Å². The van der Waals surface area contributed by atoms with Gasteiger partial charge in [-0.1, -0.05) is 18.1 Å². The van der Waals surface area contributed by atoms with Gasteiger partial charge in [-0.25, -0.2) is 4.98 Å². The van der Waals surface area contributed by atoms with Crippen LogP contribution in [-0.4, -0.2) is 40.3 Å². The number of piperidine rings is 1. The Hall–Kier alpha value is -2.65. The van der Waals surface area contributed by atoms with E-state index in [0.29, 0.717) is 42.9 Å². The number of pyridine rings is 1. The largest absolute Gasteiger partial charge is 0.496 e. The van der Waals surface area contributed by atoms with Gasteiger partial charge in [0, 0.05) is 23.7 Å². The number of likely N-dealkylation sites (tertiary alicyclic amines) is 1. The van der Waals surface area contributed by atoms with Gasteiger partial charge in [0.2, 0.25) is 0 Å². The molecule has 0 bridgehead atoms. The van der Waals surface area contributed by atoms with E-state index < -0.39 is 11.7 Å². The first kappa shape index (κ1) is 22.5. The van der Waals surface area contributed by atoms with Crippen molar-refractivity contribution in [3.8, 4) is 5.75 Å². The van der Waals surface area contributed by atoms with Crippen LogP contribution in [0.2, 0.25) is 0 Å². The average Bonchev–Trinajstić information content (AvgIpc) is 3.22. The number of rotatable bonds is 6. The fourth-order valence-corrected chi connectivity index (χ4v) is 4.38. The number of alkyl halides is 3. The predicted octanol–water partition coefficient (Wildman–Crippen LogP) is 4.68. The van der Waals surface area contributed by atoms with Gasteiger partial charge in [-0.15, -0.1) is 0 Å². The van der Waals surface area contributed by atoms with E-state index in [2.05, 4.69) is 15.0 Å². The van der Waals surface area contributed by atoms with Crippen molar-refractivity contribution in [1.29, 1.82) is 0 Å². The Morgan fingerprint density at radius 2 is 1.97 bits per heavy atom. The Morgan fingerprint density at radius 1 is 1.22 bits per heavy atom. The lowest BCUT2D eigenvalue weighted by Gasteiger charge is -2.31. The zero-order valence-electron chi connectivity index (χ0n) is 18.1. The molecule has 0 amide bonds. The minimum atomic E-state index is -4.50. The third kappa shape index (κ3) is 4.45. The Bertz CT molecular complexity index is 1090. The fourth-order valence-electron chi connectivity index (χ4n) is 4.38. The van der Waals surface area contributed by atoms with Crippen molar-refractivity contribution >= 4 is 11.1 Å². The normalized spacial score (nSPS) is 16.1. The van der Waals surface area contributed by atoms with E-state index >= 15 is 0 Å². The zero-order chi connectivity index (χ0) is 22.9. The first-order valence-corrected chi connectivity index (χ1v) is 10.7. The van der Waals surface area contributed by atoms with E-state index in [1.807, 2.05) is 18.2 Å². The van der Waals surface area contributed by atoms with E-state index in [-0.39, 0.29) is 23.6 Å². The van der Waals surface area contributed by atoms with Crippen LogP contribution in [0.4, 0.5) is 13.2 Å². The number of hydrogen-bond acceptors (Lipinski definition) is 6. The molecule has 1 saturated heterocycles. The SMILES string of the molecule is CCc1cc(C(F)(F)F)c2c(C3CCN(Cc4ccc(OC)c(CO)c4)CC3)noc2n1. The molecular formula is C23H26F3N3O3. The summed E-state index contributed by atoms with van der Waals surface area (Å²) in [5.41, 5.74) is 1.72. The molecule has 1 aliphatic rings. The van der Waals surface area contributed by atoms with Crippen LogP contribution in [0.15, 0.2) is 28.8 Å². The number of methoxy groups -OCH3 is 1. The van der Waals surface area contributed by atoms with Crippen molar-refractivity contribution in [2.75, 3.05) is 20.2 Å². The highest BCUT2D eigenvalue weighted by molar-refractivity contribution is 5.81. The van der Waals surface area contributed by atoms with Crippen LogP contribution < -0.4 is 4.74 Å². The number of aromatic nitrogens is 2. The summed E-state index contributed by atoms with van der Waals surface area (Å²) in [5.74, 6) is 0.528. The lowest BCUT2D eigenvalue weighted by atomic mass is 9.90. The number of benzene rings is 1. The smallest absolute Gasteiger partial charge is 0.417 e. The standard InChI is InChI=1S/C23H26F3N3O3/c1-3-17-11-18(23(24,25)26)20-21(28-32-22(20)27-17)15-6-8-29(9-7-15)12-14-4-5-19(31-2)16(10-14)13-30/h4-5,10-11,15,30H,3,6-9,12-13H2,1-2H3. The summed E-state index contributed by atoms with van der Waals surface area (Å²) in [6.45, 7) is 3.79. The number of hydrogen-bond donors (Lipinski definition) is 1. The van der Waals surface area contributed by atoms with Gasteiger partial charge in [-0.3, -0.25) is 4.90 Å². The van der Waals surface area contributed by atoms with Crippen LogP contribution in [0, 0.1) is 0 Å². The average molecular weight is 449 g/mol. The molecule has 1 N–H and O–H groups in total. The molecule has 3 heterocycles. The van der Waals surface area contributed by atoms with E-state index in [4.69, 9.17) is 9.26 Å². The van der Waals surface area contributed by atoms with Gasteiger partial charge in [0.1, 0.15) is 5.75 Å². The van der Waals surface area contributed by atoms with Crippen molar-refractivity contribution in [1.82, 2.24) is 15.0 Å². The van der Waals surface area contributed by atoms with Crippen LogP contribution in [0.25, 0.3) is 11.1 Å². The fraction of sp³-hybridized carbons (Fsp3) is 0.478. The summed E-state index contributed by atoms with van der Waals surface area (Å²) < 4.78 is 51.7. The van der Waals surface area contributed by atoms with Crippen LogP contribution in [0.3, 0.4) is 0 Å². The number of nitrogens with zero attached hydrogens (tertiary/aromatic N) is 3. The maximum atomic E-state index is 13.7. The first-order chi connectivity index (χ1) is 15.3. The molecule has 0 radical (unpaired) electrons. The summed E-state index contributed by atoms with van der Waals surface area (Å²) >= 11 is 0. The maximum absolute atomic E-state index is 13.7. The van der Waals surface area contributed by atoms with Gasteiger partial charge in [0.15, 0.2) is 0 Å². The molecule has 0 spiro atoms. The molecule has 1 aliphatic heterocycles. The number of aliphatic hydroxyl groups excluding tert-OH is 1. The Kier molecular flexibility index (Phi) is 6.39. The monoisotopic (exact) mass is 449 g/mol. The molecule has 3 aromatic rings. The molecule has 0 atom stereocenters. The minimum absolute atomic E-state index is 0.00380. The Labute approximate surface area is 184 Å². The first-order valence-electron chi connectivity index (χ1n) is 10.7. The van der Waals surface area contributed by atoms with E-state index in [1.165, 1.54) is 0 Å². The lowest BCUT2D eigenvalue weighted by Crippen LogP contribution is -2.32. The van der Waals surface area contributed by atoms with Gasteiger partial charge in [-0.05, 0) is 56.1 Å². The second-order valence-electron chi connectivity index (χ2n) is 8.12. The number of aryl methyl sites for hydroxylation is 1. The summed E-state index contributed by atoms with van der Waals surface area (Å²) in [7, 11) is 1.56. The molecule has 0 saturated carbocycles. The maximum Gasteiger partial charge on any atom is 0.417 e. The molecule has 2 aromatic heterocycles. The van der Waals surface area contributed by atoms with Crippen molar-refractivity contribution in [2.24, 2.45) is 0 Å².